The molecule has 1 unspecified atom stereocenters. The van der Waals surface area contributed by atoms with Crippen LogP contribution in [0.15, 0.2) is 36.1 Å². The summed E-state index contributed by atoms with van der Waals surface area (Å²) in [6, 6.07) is -0.672. The minimum absolute atomic E-state index is 0.0336. The van der Waals surface area contributed by atoms with Crippen molar-refractivity contribution in [1.82, 2.24) is 10.6 Å². The minimum Gasteiger partial charge on any atom is -0.507 e. The van der Waals surface area contributed by atoms with Crippen LogP contribution in [0.4, 0.5) is 5.69 Å². The molecule has 6 rings (SSSR count). The summed E-state index contributed by atoms with van der Waals surface area (Å²) >= 11 is 0. The first-order chi connectivity index (χ1) is 27.7. The third-order valence-corrected chi connectivity index (χ3v) is 11.9. The molecule has 59 heavy (non-hydrogen) atoms. The van der Waals surface area contributed by atoms with Crippen LogP contribution in [-0.2, 0) is 35.1 Å². The maximum atomic E-state index is 14.4. The number of phenolic OH excluding ortho intramolecular Hbond substituents is 3. The zero-order valence-electron chi connectivity index (χ0n) is 34.9. The summed E-state index contributed by atoms with van der Waals surface area (Å²) in [7, 11) is 1.43. The van der Waals surface area contributed by atoms with Gasteiger partial charge in [0.05, 0.1) is 47.3 Å². The van der Waals surface area contributed by atoms with E-state index in [1.54, 1.807) is 39.8 Å². The zero-order valence-corrected chi connectivity index (χ0v) is 34.9. The van der Waals surface area contributed by atoms with Crippen molar-refractivity contribution in [1.29, 1.82) is 0 Å². The van der Waals surface area contributed by atoms with Crippen molar-refractivity contribution in [2.24, 2.45) is 23.7 Å². The molecule has 10 atom stereocenters. The molecule has 4 aliphatic rings. The summed E-state index contributed by atoms with van der Waals surface area (Å²) in [6.45, 7) is 12.7. The topological polar surface area (TPSA) is 242 Å². The number of aliphatic hydroxyl groups is 2. The van der Waals surface area contributed by atoms with Gasteiger partial charge in [0, 0.05) is 79.8 Å². The number of methoxy groups -OCH3 is 1. The lowest BCUT2D eigenvalue weighted by atomic mass is 9.78. The van der Waals surface area contributed by atoms with Gasteiger partial charge in [0.2, 0.25) is 5.91 Å². The van der Waals surface area contributed by atoms with Crippen LogP contribution in [-0.4, -0.2) is 99.0 Å². The second-order valence-corrected chi connectivity index (χ2v) is 16.0. The number of carbonyl (C=O) groups is 4. The van der Waals surface area contributed by atoms with Gasteiger partial charge in [0.25, 0.3) is 11.7 Å². The fourth-order valence-corrected chi connectivity index (χ4v) is 8.15. The summed E-state index contributed by atoms with van der Waals surface area (Å²) in [5, 5.41) is 66.3. The third-order valence-electron chi connectivity index (χ3n) is 11.9. The number of hydrogen-bond donors (Lipinski definition) is 8. The number of anilines is 1. The Hall–Kier alpha value is -5.16. The first-order valence-electron chi connectivity index (χ1n) is 19.8. The van der Waals surface area contributed by atoms with Crippen molar-refractivity contribution < 1.29 is 63.7 Å². The second kappa shape index (κ2) is 18.0. The van der Waals surface area contributed by atoms with E-state index < -0.39 is 94.8 Å². The number of aromatic hydroxyl groups is 3. The molecule has 0 spiro atoms. The average molecular weight is 824 g/mol. The number of allylic oxidation sites excluding steroid dienone is 2. The van der Waals surface area contributed by atoms with E-state index in [0.29, 0.717) is 19.4 Å². The Bertz CT molecular complexity index is 2080. The number of piperidine rings is 1. The highest BCUT2D eigenvalue weighted by atomic mass is 16.7. The highest BCUT2D eigenvalue weighted by Gasteiger charge is 2.50. The van der Waals surface area contributed by atoms with Gasteiger partial charge < -0.3 is 60.4 Å². The van der Waals surface area contributed by atoms with Crippen LogP contribution in [0, 0.1) is 30.6 Å². The lowest BCUT2D eigenvalue weighted by Crippen LogP contribution is -2.48. The van der Waals surface area contributed by atoms with Crippen LogP contribution in [0.25, 0.3) is 10.8 Å². The molecule has 4 aliphatic heterocycles. The average Bonchev–Trinajstić information content (AvgIpc) is 3.46. The molecule has 16 nitrogen and oxygen atoms in total. The Kier molecular flexibility index (Phi) is 13.7. The van der Waals surface area contributed by atoms with Gasteiger partial charge in [-0.3, -0.25) is 19.2 Å². The molecular formula is C43H57N3O13. The van der Waals surface area contributed by atoms with E-state index in [1.807, 2.05) is 0 Å². The lowest BCUT2D eigenvalue weighted by molar-refractivity contribution is -0.160. The molecule has 2 amide bonds. The van der Waals surface area contributed by atoms with Crippen LogP contribution < -0.4 is 20.7 Å². The van der Waals surface area contributed by atoms with Crippen molar-refractivity contribution >= 4 is 40.0 Å². The summed E-state index contributed by atoms with van der Waals surface area (Å²) in [5.74, 6) is -8.83. The van der Waals surface area contributed by atoms with Crippen LogP contribution in [0.5, 0.6) is 23.0 Å². The molecule has 8 N–H and O–H groups in total. The normalized spacial score (nSPS) is 32.7. The third kappa shape index (κ3) is 8.76. The number of Topliss-reactive ketones (excluding diaryl/α,β-unsaturated/α-hetero) is 1. The monoisotopic (exact) mass is 823 g/mol. The summed E-state index contributed by atoms with van der Waals surface area (Å²) in [5.41, 5.74) is -0.376. The van der Waals surface area contributed by atoms with Crippen LogP contribution in [0.1, 0.15) is 82.8 Å². The number of phenols is 3. The van der Waals surface area contributed by atoms with Gasteiger partial charge in [-0.05, 0) is 32.8 Å². The van der Waals surface area contributed by atoms with E-state index in [-0.39, 0.29) is 56.9 Å². The Morgan fingerprint density at radius 2 is 1.66 bits per heavy atom. The number of aliphatic hydroxyl groups excluding tert-OH is 2. The number of ketones is 1. The number of ether oxygens (including phenoxy) is 4. The van der Waals surface area contributed by atoms with Gasteiger partial charge in [-0.15, -0.1) is 0 Å². The largest absolute Gasteiger partial charge is 0.507 e. The molecule has 0 radical (unpaired) electrons. The molecule has 1 saturated heterocycles. The number of nitrogens with one attached hydrogen (secondary N) is 3. The van der Waals surface area contributed by atoms with E-state index in [4.69, 9.17) is 18.9 Å². The van der Waals surface area contributed by atoms with Gasteiger partial charge >= 0.3 is 11.8 Å². The number of rotatable bonds is 5. The summed E-state index contributed by atoms with van der Waals surface area (Å²) < 4.78 is 23.5. The summed E-state index contributed by atoms with van der Waals surface area (Å²) in [4.78, 5) is 53.1. The maximum absolute atomic E-state index is 14.4. The predicted molar refractivity (Wildman–Crippen MR) is 217 cm³/mol. The Morgan fingerprint density at radius 1 is 0.966 bits per heavy atom. The number of amides is 2. The highest BCUT2D eigenvalue weighted by molar-refractivity contribution is 6.22. The zero-order chi connectivity index (χ0) is 43.7. The van der Waals surface area contributed by atoms with Gasteiger partial charge in [0.15, 0.2) is 5.75 Å². The quantitative estimate of drug-likeness (QED) is 0.120. The summed E-state index contributed by atoms with van der Waals surface area (Å²) in [6.07, 6.45) is 4.59. The van der Waals surface area contributed by atoms with E-state index in [0.717, 1.165) is 0 Å². The molecule has 0 aliphatic carbocycles. The Balaban J connectivity index is 1.69. The van der Waals surface area contributed by atoms with Crippen LogP contribution in [0.3, 0.4) is 0 Å². The van der Waals surface area contributed by atoms with E-state index >= 15 is 0 Å². The SMILES string of the molecule is CO[C@H]1/C=C/O[C@@]2(C)Oc3c(C)c(O)c4c(O)c(c(CNC5CCCNC5=O)c(O)c4c3C2=O)NC(=O)/C(C)=C\C=C\[C@H](C)[C@H](O)[C@@H](C)[C@@H](O)[C@@H](C)[C@H](OC(C)=O)[C@@H]1C. The van der Waals surface area contributed by atoms with Gasteiger partial charge in [0.1, 0.15) is 23.4 Å². The van der Waals surface area contributed by atoms with E-state index in [2.05, 4.69) is 16.0 Å². The number of benzene rings is 2. The molecule has 322 valence electrons. The molecular weight excluding hydrogens is 766 g/mol. The van der Waals surface area contributed by atoms with Crippen molar-refractivity contribution in [3.05, 3.63) is 52.8 Å². The number of esters is 1. The van der Waals surface area contributed by atoms with Crippen LogP contribution in [0.2, 0.25) is 0 Å². The number of hydrogen-bond acceptors (Lipinski definition) is 14. The van der Waals surface area contributed by atoms with Gasteiger partial charge in [-0.25, -0.2) is 0 Å². The van der Waals surface area contributed by atoms with Crippen molar-refractivity contribution in [2.45, 2.75) is 111 Å². The fourth-order valence-electron chi connectivity index (χ4n) is 8.15. The van der Waals surface area contributed by atoms with Crippen molar-refractivity contribution in [3.63, 3.8) is 0 Å². The fraction of sp³-hybridized carbons (Fsp3) is 0.535. The lowest BCUT2D eigenvalue weighted by Gasteiger charge is -2.38. The first-order valence-corrected chi connectivity index (χ1v) is 19.8. The molecule has 4 heterocycles. The first kappa shape index (κ1) is 44.9. The standard InChI is InChI=1S/C43H57N3O13/c1-19-12-10-13-20(2)41(54)46-32-26(18-45-27-14-11-16-44-42(27)55)36(51)29-30(37(32)52)35(50)24(6)39-31(29)40(53)43(8,59-39)57-17-15-28(56-9)21(3)38(58-25(7)47)23(5)34(49)22(4)33(19)48/h10,12-13,15,17,19,21-23,27-28,33-34,38,45,48-52H,11,14,16,18H2,1-9H3,(H,44,55)(H,46,54)/b12-10+,17-15+,20-13-/t19-,21+,22+,23+,27?,28-,33-,34+,38+,43-/m0/s1. The number of carbonyl (C=O) groups excluding carboxylic acids is 4. The van der Waals surface area contributed by atoms with Crippen LogP contribution >= 0.6 is 0 Å². The van der Waals surface area contributed by atoms with Crippen molar-refractivity contribution in [3.8, 4) is 23.0 Å². The molecule has 1 fully saturated rings. The Labute approximate surface area is 343 Å². The number of fused-ring (bicyclic) bond motifs is 14. The molecule has 5 bridgehead atoms. The van der Waals surface area contributed by atoms with Gasteiger partial charge in [-0.1, -0.05) is 45.9 Å². The maximum Gasteiger partial charge on any atom is 0.312 e. The highest BCUT2D eigenvalue weighted by Crippen LogP contribution is 2.55. The molecule has 2 aromatic rings. The Morgan fingerprint density at radius 3 is 2.31 bits per heavy atom. The second-order valence-electron chi connectivity index (χ2n) is 16.0. The van der Waals surface area contributed by atoms with E-state index in [1.165, 1.54) is 53.2 Å². The predicted octanol–water partition coefficient (Wildman–Crippen LogP) is 4.12. The smallest absolute Gasteiger partial charge is 0.312 e. The van der Waals surface area contributed by atoms with Gasteiger partial charge in [-0.2, -0.15) is 0 Å². The van der Waals surface area contributed by atoms with E-state index in [9.17, 15) is 44.7 Å². The molecule has 0 saturated carbocycles. The molecule has 0 aromatic heterocycles. The minimum atomic E-state index is -2.07. The molecule has 2 aromatic carbocycles. The molecule has 16 heteroatoms. The van der Waals surface area contributed by atoms with Crippen molar-refractivity contribution in [2.75, 3.05) is 19.0 Å².